The van der Waals surface area contributed by atoms with Crippen LogP contribution in [0.1, 0.15) is 5.56 Å². The Labute approximate surface area is 151 Å². The van der Waals surface area contributed by atoms with Gasteiger partial charge in [-0.05, 0) is 48.1 Å². The normalized spacial score (nSPS) is 23.2. The number of imide groups is 2. The number of benzene rings is 1. The minimum Gasteiger partial charge on any atom is -0.325 e. The van der Waals surface area contributed by atoms with Gasteiger partial charge in [0.2, 0.25) is 17.7 Å². The van der Waals surface area contributed by atoms with Crippen LogP contribution in [0.4, 0.5) is 15.3 Å². The molecule has 25 heavy (non-hydrogen) atoms. The first kappa shape index (κ1) is 17.5. The van der Waals surface area contributed by atoms with Gasteiger partial charge in [0.05, 0.1) is 0 Å². The summed E-state index contributed by atoms with van der Waals surface area (Å²) in [5.41, 5.74) is 1.51. The molecule has 0 aliphatic carbocycles. The number of hydrogen-bond acceptors (Lipinski definition) is 7. The van der Waals surface area contributed by atoms with Crippen LogP contribution in [0.2, 0.25) is 0 Å². The third-order valence-corrected chi connectivity index (χ3v) is 5.93. The van der Waals surface area contributed by atoms with Crippen LogP contribution < -0.4 is 10.6 Å². The minimum absolute atomic E-state index is 0.442. The van der Waals surface area contributed by atoms with Gasteiger partial charge in [0, 0.05) is 5.69 Å². The fraction of sp³-hybridized carbons (Fsp3) is 0.267. The first-order valence-corrected chi connectivity index (χ1v) is 9.01. The maximum atomic E-state index is 12.4. The molecule has 0 bridgehead atoms. The zero-order chi connectivity index (χ0) is 18.1. The highest BCUT2D eigenvalue weighted by atomic mass is 32.2. The van der Waals surface area contributed by atoms with Crippen molar-refractivity contribution in [3.05, 3.63) is 29.8 Å². The molecule has 8 nitrogen and oxygen atoms in total. The molecule has 0 aromatic heterocycles. The highest BCUT2D eigenvalue weighted by Gasteiger charge is 2.50. The van der Waals surface area contributed by atoms with Gasteiger partial charge in [-0.15, -0.1) is 0 Å². The molecule has 2 N–H and O–H groups in total. The van der Waals surface area contributed by atoms with E-state index in [2.05, 4.69) is 10.6 Å². The molecule has 2 aliphatic rings. The van der Waals surface area contributed by atoms with Gasteiger partial charge in [0.25, 0.3) is 10.5 Å². The SMILES string of the molecule is Cc1cccc(NC(=O)CN2C(=O)S[C@H]([C@H]3SC(=O)NC3=O)C2=O)c1. The second-order valence-corrected chi connectivity index (χ2v) is 7.67. The van der Waals surface area contributed by atoms with Crippen LogP contribution in [0.25, 0.3) is 0 Å². The van der Waals surface area contributed by atoms with Gasteiger partial charge < -0.3 is 5.32 Å². The maximum Gasteiger partial charge on any atom is 0.289 e. The lowest BCUT2D eigenvalue weighted by molar-refractivity contribution is -0.131. The number of rotatable bonds is 4. The summed E-state index contributed by atoms with van der Waals surface area (Å²) in [5.74, 6) is -1.76. The van der Waals surface area contributed by atoms with E-state index in [4.69, 9.17) is 0 Å². The van der Waals surface area contributed by atoms with Crippen molar-refractivity contribution in [3.8, 4) is 0 Å². The van der Waals surface area contributed by atoms with Crippen molar-refractivity contribution in [2.75, 3.05) is 11.9 Å². The molecular formula is C15H13N3O5S2. The van der Waals surface area contributed by atoms with Gasteiger partial charge in [0.1, 0.15) is 17.0 Å². The molecular weight excluding hydrogens is 366 g/mol. The molecule has 1 aromatic carbocycles. The highest BCUT2D eigenvalue weighted by molar-refractivity contribution is 8.19. The molecule has 5 amide bonds. The van der Waals surface area contributed by atoms with Crippen molar-refractivity contribution >= 4 is 57.4 Å². The number of nitrogens with zero attached hydrogens (tertiary/aromatic N) is 1. The van der Waals surface area contributed by atoms with Gasteiger partial charge in [-0.3, -0.25) is 34.2 Å². The predicted octanol–water partition coefficient (Wildman–Crippen LogP) is 1.35. The Balaban J connectivity index is 1.65. The van der Waals surface area contributed by atoms with Crippen LogP contribution in [-0.2, 0) is 14.4 Å². The van der Waals surface area contributed by atoms with Crippen LogP contribution >= 0.6 is 23.5 Å². The van der Waals surface area contributed by atoms with Gasteiger partial charge in [-0.25, -0.2) is 0 Å². The zero-order valence-electron chi connectivity index (χ0n) is 13.0. The molecule has 2 atom stereocenters. The Morgan fingerprint density at radius 3 is 2.60 bits per heavy atom. The monoisotopic (exact) mass is 379 g/mol. The summed E-state index contributed by atoms with van der Waals surface area (Å²) in [6.07, 6.45) is 0. The average Bonchev–Trinajstić information content (AvgIpc) is 3.00. The molecule has 2 saturated heterocycles. The largest absolute Gasteiger partial charge is 0.325 e. The summed E-state index contributed by atoms with van der Waals surface area (Å²) in [6.45, 7) is 1.43. The number of thioether (sulfide) groups is 2. The smallest absolute Gasteiger partial charge is 0.289 e. The molecule has 0 unspecified atom stereocenters. The van der Waals surface area contributed by atoms with E-state index in [0.717, 1.165) is 10.5 Å². The Kier molecular flexibility index (Phi) is 4.82. The Hall–Kier alpha value is -2.33. The Bertz CT molecular complexity index is 797. The zero-order valence-corrected chi connectivity index (χ0v) is 14.6. The summed E-state index contributed by atoms with van der Waals surface area (Å²) >= 11 is 1.34. The van der Waals surface area contributed by atoms with Crippen molar-refractivity contribution in [2.45, 2.75) is 17.4 Å². The number of nitrogens with one attached hydrogen (secondary N) is 2. The van der Waals surface area contributed by atoms with E-state index in [9.17, 15) is 24.0 Å². The average molecular weight is 379 g/mol. The van der Waals surface area contributed by atoms with Crippen LogP contribution in [-0.4, -0.2) is 50.1 Å². The van der Waals surface area contributed by atoms with Crippen LogP contribution in [0.5, 0.6) is 0 Å². The fourth-order valence-electron chi connectivity index (χ4n) is 2.44. The summed E-state index contributed by atoms with van der Waals surface area (Å²) < 4.78 is 0. The Morgan fingerprint density at radius 1 is 1.20 bits per heavy atom. The molecule has 2 heterocycles. The number of anilines is 1. The molecule has 3 rings (SSSR count). The summed E-state index contributed by atoms with van der Waals surface area (Å²) in [4.78, 5) is 60.3. The van der Waals surface area contributed by atoms with Crippen LogP contribution in [0.15, 0.2) is 24.3 Å². The summed E-state index contributed by atoms with van der Waals surface area (Å²) in [6, 6.07) is 7.10. The van der Waals surface area contributed by atoms with Gasteiger partial charge >= 0.3 is 0 Å². The minimum atomic E-state index is -1.00. The first-order chi connectivity index (χ1) is 11.8. The highest BCUT2D eigenvalue weighted by Crippen LogP contribution is 2.36. The fourth-order valence-corrected chi connectivity index (χ4v) is 4.54. The molecule has 2 aliphatic heterocycles. The van der Waals surface area contributed by atoms with Gasteiger partial charge in [0.15, 0.2) is 0 Å². The lowest BCUT2D eigenvalue weighted by atomic mass is 10.2. The second-order valence-electron chi connectivity index (χ2n) is 5.46. The molecule has 2 fully saturated rings. The lowest BCUT2D eigenvalue weighted by Gasteiger charge is -2.15. The summed E-state index contributed by atoms with van der Waals surface area (Å²) in [7, 11) is 0. The van der Waals surface area contributed by atoms with E-state index >= 15 is 0 Å². The number of aryl methyl sites for hydroxylation is 1. The van der Waals surface area contributed by atoms with Crippen molar-refractivity contribution in [1.82, 2.24) is 10.2 Å². The van der Waals surface area contributed by atoms with E-state index in [0.29, 0.717) is 29.2 Å². The number of carbonyl (C=O) groups excluding carboxylic acids is 5. The number of amides is 5. The van der Waals surface area contributed by atoms with Crippen molar-refractivity contribution < 1.29 is 24.0 Å². The predicted molar refractivity (Wildman–Crippen MR) is 93.2 cm³/mol. The van der Waals surface area contributed by atoms with Crippen molar-refractivity contribution in [1.29, 1.82) is 0 Å². The van der Waals surface area contributed by atoms with Crippen LogP contribution in [0.3, 0.4) is 0 Å². The van der Waals surface area contributed by atoms with Crippen molar-refractivity contribution in [2.24, 2.45) is 0 Å². The topological polar surface area (TPSA) is 113 Å². The molecule has 0 radical (unpaired) electrons. The molecule has 0 spiro atoms. The third kappa shape index (κ3) is 3.69. The summed E-state index contributed by atoms with van der Waals surface area (Å²) in [5, 5.41) is 1.58. The lowest BCUT2D eigenvalue weighted by Crippen LogP contribution is -2.42. The van der Waals surface area contributed by atoms with E-state index < -0.39 is 45.2 Å². The van der Waals surface area contributed by atoms with E-state index in [1.165, 1.54) is 0 Å². The first-order valence-electron chi connectivity index (χ1n) is 7.25. The molecule has 0 saturated carbocycles. The van der Waals surface area contributed by atoms with E-state index in [1.807, 2.05) is 13.0 Å². The van der Waals surface area contributed by atoms with E-state index in [-0.39, 0.29) is 0 Å². The Morgan fingerprint density at radius 2 is 1.96 bits per heavy atom. The third-order valence-electron chi connectivity index (χ3n) is 3.55. The van der Waals surface area contributed by atoms with E-state index in [1.54, 1.807) is 18.2 Å². The molecule has 130 valence electrons. The van der Waals surface area contributed by atoms with Crippen LogP contribution in [0, 0.1) is 6.92 Å². The molecule has 10 heteroatoms. The molecule has 1 aromatic rings. The number of carbonyl (C=O) groups is 5. The number of hydrogen-bond donors (Lipinski definition) is 2. The second kappa shape index (κ2) is 6.89. The van der Waals surface area contributed by atoms with Gasteiger partial charge in [-0.2, -0.15) is 0 Å². The van der Waals surface area contributed by atoms with Crippen molar-refractivity contribution in [3.63, 3.8) is 0 Å². The maximum absolute atomic E-state index is 12.4. The van der Waals surface area contributed by atoms with Gasteiger partial charge in [-0.1, -0.05) is 12.1 Å². The standard InChI is InChI=1S/C15H13N3O5S2/c1-7-3-2-4-8(5-7)16-9(19)6-18-13(21)11(25-15(18)23)10-12(20)17-14(22)24-10/h2-5,10-11H,6H2,1H3,(H,16,19)(H,17,20,22)/t10-,11-/m1/s1. The quantitative estimate of drug-likeness (QED) is 0.812.